The van der Waals surface area contributed by atoms with Crippen LogP contribution in [0.15, 0.2) is 24.3 Å². The minimum absolute atomic E-state index is 0.249. The third kappa shape index (κ3) is 2.59. The number of hydrogen-bond acceptors (Lipinski definition) is 7. The molecule has 0 amide bonds. The zero-order valence-electron chi connectivity index (χ0n) is 12.4. The molecule has 0 radical (unpaired) electrons. The fraction of sp³-hybridized carbons (Fsp3) is 0.467. The molecule has 1 fully saturated rings. The molecule has 0 spiro atoms. The van der Waals surface area contributed by atoms with Crippen LogP contribution in [0.25, 0.3) is 0 Å². The second-order valence-corrected chi connectivity index (χ2v) is 5.14. The number of methoxy groups -OCH3 is 1. The largest absolute Gasteiger partial charge is 0.469 e. The average Bonchev–Trinajstić information content (AvgIpc) is 3.06. The number of hydroxylamine groups is 2. The zero-order valence-corrected chi connectivity index (χ0v) is 12.4. The van der Waals surface area contributed by atoms with Gasteiger partial charge in [-0.3, -0.25) is 9.59 Å². The Morgan fingerprint density at radius 3 is 2.27 bits per heavy atom. The van der Waals surface area contributed by atoms with Crippen molar-refractivity contribution in [1.29, 1.82) is 0 Å². The van der Waals surface area contributed by atoms with Crippen LogP contribution in [0.2, 0.25) is 0 Å². The fourth-order valence-corrected chi connectivity index (χ4v) is 2.70. The predicted molar refractivity (Wildman–Crippen MR) is 73.5 cm³/mol. The predicted octanol–water partition coefficient (Wildman–Crippen LogP) is 1.19. The Labute approximate surface area is 127 Å². The van der Waals surface area contributed by atoms with Crippen LogP contribution in [-0.4, -0.2) is 37.4 Å². The minimum Gasteiger partial charge on any atom is -0.469 e. The van der Waals surface area contributed by atoms with Crippen molar-refractivity contribution in [2.45, 2.75) is 6.92 Å². The van der Waals surface area contributed by atoms with E-state index in [1.165, 1.54) is 12.3 Å². The molecule has 1 aromatic rings. The van der Waals surface area contributed by atoms with E-state index in [4.69, 9.17) is 19.1 Å². The molecule has 7 heteroatoms. The van der Waals surface area contributed by atoms with Gasteiger partial charge < -0.3 is 19.1 Å². The molecule has 1 aliphatic carbocycles. The maximum Gasteiger partial charge on any atom is 0.310 e. The molecule has 0 N–H and O–H groups in total. The lowest BCUT2D eigenvalue weighted by molar-refractivity contribution is -0.229. The van der Waals surface area contributed by atoms with Gasteiger partial charge in [0.15, 0.2) is 11.5 Å². The maximum absolute atomic E-state index is 11.9. The number of ether oxygens (including phenoxy) is 2. The molecule has 1 aromatic carbocycles. The molecule has 1 aliphatic heterocycles. The average molecular weight is 307 g/mol. The molecule has 7 nitrogen and oxygen atoms in total. The number of carbonyl (C=O) groups is 2. The topological polar surface area (TPSA) is 74.3 Å². The standard InChI is InChI=1S/C15H17NO6/c1-3-20-15(18)13-9(12(13)14(17)19-2)8-16-21-10-6-4-5-7-11(10)22-16/h4-7,9,12-13H,3,8H2,1-2H3. The Morgan fingerprint density at radius 2 is 1.73 bits per heavy atom. The lowest BCUT2D eigenvalue weighted by Gasteiger charge is -2.12. The molecule has 3 rings (SSSR count). The van der Waals surface area contributed by atoms with Crippen LogP contribution in [-0.2, 0) is 19.1 Å². The number of nitrogens with zero attached hydrogens (tertiary/aromatic N) is 1. The maximum atomic E-state index is 11.9. The molecule has 22 heavy (non-hydrogen) atoms. The van der Waals surface area contributed by atoms with E-state index < -0.39 is 17.8 Å². The number of hydrogen-bond donors (Lipinski definition) is 0. The van der Waals surface area contributed by atoms with Crippen molar-refractivity contribution in [2.24, 2.45) is 17.8 Å². The van der Waals surface area contributed by atoms with E-state index in [0.29, 0.717) is 11.5 Å². The number of rotatable bonds is 5. The molecule has 3 atom stereocenters. The molecule has 2 aliphatic rings. The van der Waals surface area contributed by atoms with Gasteiger partial charge in [-0.15, -0.1) is 0 Å². The summed E-state index contributed by atoms with van der Waals surface area (Å²) in [4.78, 5) is 34.7. The minimum atomic E-state index is -0.514. The quantitative estimate of drug-likeness (QED) is 0.756. The summed E-state index contributed by atoms with van der Waals surface area (Å²) in [6.07, 6.45) is 0. The number of esters is 2. The van der Waals surface area contributed by atoms with Gasteiger partial charge in [-0.05, 0) is 19.1 Å². The van der Waals surface area contributed by atoms with Gasteiger partial charge in [-0.2, -0.15) is 0 Å². The molecule has 1 heterocycles. The van der Waals surface area contributed by atoms with Crippen molar-refractivity contribution >= 4 is 11.9 Å². The van der Waals surface area contributed by atoms with Crippen LogP contribution >= 0.6 is 0 Å². The summed E-state index contributed by atoms with van der Waals surface area (Å²) in [6, 6.07) is 7.23. The number of fused-ring (bicyclic) bond motifs is 1. The van der Waals surface area contributed by atoms with Gasteiger partial charge in [0.2, 0.25) is 0 Å². The number of para-hydroxylation sites is 2. The van der Waals surface area contributed by atoms with E-state index in [-0.39, 0.29) is 25.0 Å². The summed E-state index contributed by atoms with van der Waals surface area (Å²) in [6.45, 7) is 2.28. The molecule has 118 valence electrons. The summed E-state index contributed by atoms with van der Waals surface area (Å²) in [5, 5.41) is 1.28. The lowest BCUT2D eigenvalue weighted by Crippen LogP contribution is -2.29. The Kier molecular flexibility index (Phi) is 3.89. The zero-order chi connectivity index (χ0) is 15.7. The molecular formula is C15H17NO6. The van der Waals surface area contributed by atoms with E-state index in [0.717, 1.165) is 0 Å². The first kappa shape index (κ1) is 14.6. The SMILES string of the molecule is CCOC(=O)C1C(CN2Oc3ccccc3O2)C1C(=O)OC. The van der Waals surface area contributed by atoms with Crippen LogP contribution in [0, 0.1) is 17.8 Å². The first-order valence-corrected chi connectivity index (χ1v) is 7.12. The van der Waals surface area contributed by atoms with Crippen molar-refractivity contribution in [3.8, 4) is 11.5 Å². The van der Waals surface area contributed by atoms with Crippen LogP contribution < -0.4 is 9.68 Å². The van der Waals surface area contributed by atoms with Gasteiger partial charge in [-0.1, -0.05) is 12.1 Å². The first-order valence-electron chi connectivity index (χ1n) is 7.12. The van der Waals surface area contributed by atoms with E-state index in [9.17, 15) is 9.59 Å². The van der Waals surface area contributed by atoms with Crippen LogP contribution in [0.5, 0.6) is 11.5 Å². The van der Waals surface area contributed by atoms with Gasteiger partial charge >= 0.3 is 11.9 Å². The number of benzene rings is 1. The van der Waals surface area contributed by atoms with Crippen molar-refractivity contribution in [3.63, 3.8) is 0 Å². The van der Waals surface area contributed by atoms with Crippen LogP contribution in [0.1, 0.15) is 6.92 Å². The van der Waals surface area contributed by atoms with Crippen molar-refractivity contribution < 1.29 is 28.7 Å². The van der Waals surface area contributed by atoms with Crippen molar-refractivity contribution in [1.82, 2.24) is 5.23 Å². The highest BCUT2D eigenvalue weighted by Crippen LogP contribution is 2.49. The summed E-state index contributed by atoms with van der Waals surface area (Å²) < 4.78 is 9.74. The summed E-state index contributed by atoms with van der Waals surface area (Å²) in [5.41, 5.74) is 0. The molecular weight excluding hydrogens is 290 g/mol. The molecule has 0 saturated heterocycles. The highest BCUT2D eigenvalue weighted by atomic mass is 17.0. The fourth-order valence-electron chi connectivity index (χ4n) is 2.70. The molecule has 1 saturated carbocycles. The Morgan fingerprint density at radius 1 is 1.14 bits per heavy atom. The monoisotopic (exact) mass is 307 g/mol. The number of carbonyl (C=O) groups excluding carboxylic acids is 2. The highest BCUT2D eigenvalue weighted by Gasteiger charge is 2.61. The Hall–Kier alpha value is -2.28. The Bertz CT molecular complexity index is 564. The molecule has 3 unspecified atom stereocenters. The van der Waals surface area contributed by atoms with Crippen LogP contribution in [0.3, 0.4) is 0 Å². The summed E-state index contributed by atoms with van der Waals surface area (Å²) >= 11 is 0. The second-order valence-electron chi connectivity index (χ2n) is 5.14. The summed E-state index contributed by atoms with van der Waals surface area (Å²) in [7, 11) is 1.30. The first-order chi connectivity index (χ1) is 10.7. The van der Waals surface area contributed by atoms with Gasteiger partial charge in [0, 0.05) is 11.1 Å². The molecule has 0 aromatic heterocycles. The van der Waals surface area contributed by atoms with E-state index in [1.807, 2.05) is 12.1 Å². The van der Waals surface area contributed by atoms with E-state index in [2.05, 4.69) is 0 Å². The third-order valence-corrected chi connectivity index (χ3v) is 3.81. The highest BCUT2D eigenvalue weighted by molar-refractivity contribution is 5.88. The van der Waals surface area contributed by atoms with Gasteiger partial charge in [0.1, 0.15) is 0 Å². The normalized spacial score (nSPS) is 25.6. The van der Waals surface area contributed by atoms with Crippen molar-refractivity contribution in [2.75, 3.05) is 20.3 Å². The van der Waals surface area contributed by atoms with Crippen LogP contribution in [0.4, 0.5) is 0 Å². The van der Waals surface area contributed by atoms with Crippen molar-refractivity contribution in [3.05, 3.63) is 24.3 Å². The Balaban J connectivity index is 1.64. The van der Waals surface area contributed by atoms with Gasteiger partial charge in [0.25, 0.3) is 0 Å². The van der Waals surface area contributed by atoms with E-state index >= 15 is 0 Å². The van der Waals surface area contributed by atoms with Gasteiger partial charge in [0.05, 0.1) is 32.1 Å². The van der Waals surface area contributed by atoms with E-state index in [1.54, 1.807) is 19.1 Å². The third-order valence-electron chi connectivity index (χ3n) is 3.81. The lowest BCUT2D eigenvalue weighted by atomic mass is 10.3. The molecule has 0 bridgehead atoms. The smallest absolute Gasteiger partial charge is 0.310 e. The second kappa shape index (κ2) is 5.84. The summed E-state index contributed by atoms with van der Waals surface area (Å²) in [5.74, 6) is -0.876. The van der Waals surface area contributed by atoms with Gasteiger partial charge in [-0.25, -0.2) is 0 Å².